The smallest absolute Gasteiger partial charge is 0.168 e. The summed E-state index contributed by atoms with van der Waals surface area (Å²) in [6, 6.07) is 14.7. The minimum absolute atomic E-state index is 0.259. The zero-order valence-electron chi connectivity index (χ0n) is 30.2. The van der Waals surface area contributed by atoms with Crippen LogP contribution in [0.2, 0.25) is 0 Å². The Morgan fingerprint density at radius 2 is 1.31 bits per heavy atom. The van der Waals surface area contributed by atoms with Crippen LogP contribution < -0.4 is 0 Å². The fraction of sp³-hybridized carbons (Fsp3) is 0.674. The van der Waals surface area contributed by atoms with Crippen molar-refractivity contribution in [3.05, 3.63) is 59.7 Å². The van der Waals surface area contributed by atoms with Gasteiger partial charge in [0.2, 0.25) is 0 Å². The van der Waals surface area contributed by atoms with Crippen LogP contribution >= 0.6 is 11.8 Å². The molecule has 8 rings (SSSR count). The molecule has 5 saturated carbocycles. The van der Waals surface area contributed by atoms with Crippen LogP contribution in [0, 0.1) is 34.5 Å². The topological polar surface area (TPSA) is 58.9 Å². The lowest BCUT2D eigenvalue weighted by Gasteiger charge is -2.60. The van der Waals surface area contributed by atoms with Crippen molar-refractivity contribution in [3.63, 3.8) is 0 Å². The number of phenols is 2. The molecule has 0 unspecified atom stereocenters. The highest BCUT2D eigenvalue weighted by Gasteiger charge is 2.64. The Morgan fingerprint density at radius 3 is 1.88 bits per heavy atom. The molecule has 9 atom stereocenters. The van der Waals surface area contributed by atoms with E-state index in [9.17, 15) is 10.2 Å². The number of rotatable bonds is 7. The van der Waals surface area contributed by atoms with Gasteiger partial charge in [0, 0.05) is 30.5 Å². The molecule has 0 radical (unpaired) electrons. The lowest BCUT2D eigenvalue weighted by atomic mass is 9.45. The average molecular weight is 673 g/mol. The molecular weight excluding hydrogens is 613 g/mol. The monoisotopic (exact) mass is 672 g/mol. The first-order chi connectivity index (χ1) is 23.1. The summed E-state index contributed by atoms with van der Waals surface area (Å²) in [6.07, 6.45) is 18.7. The molecule has 6 fully saturated rings. The molecule has 5 heteroatoms. The van der Waals surface area contributed by atoms with Crippen LogP contribution in [0.1, 0.15) is 129 Å². The predicted molar refractivity (Wildman–Crippen MR) is 199 cm³/mol. The first-order valence-electron chi connectivity index (χ1n) is 19.3. The maximum atomic E-state index is 9.41. The molecule has 0 amide bonds. The third-order valence-corrected chi connectivity index (χ3v) is 15.8. The molecule has 1 saturated heterocycles. The van der Waals surface area contributed by atoms with E-state index in [1.807, 2.05) is 31.4 Å². The molecule has 4 nitrogen and oxygen atoms in total. The van der Waals surface area contributed by atoms with Crippen molar-refractivity contribution < 1.29 is 19.7 Å². The van der Waals surface area contributed by atoms with Crippen molar-refractivity contribution in [1.29, 1.82) is 0 Å². The van der Waals surface area contributed by atoms with Crippen LogP contribution in [0.25, 0.3) is 11.1 Å². The first kappa shape index (κ1) is 34.5. The van der Waals surface area contributed by atoms with Crippen LogP contribution in [-0.4, -0.2) is 39.7 Å². The molecule has 0 bridgehead atoms. The van der Waals surface area contributed by atoms with E-state index in [-0.39, 0.29) is 17.3 Å². The quantitative estimate of drug-likeness (QED) is 0.174. The molecular formula is C43H60O4S. The van der Waals surface area contributed by atoms with Gasteiger partial charge in [0.25, 0.3) is 0 Å². The van der Waals surface area contributed by atoms with Gasteiger partial charge in [-0.15, -0.1) is 0 Å². The summed E-state index contributed by atoms with van der Waals surface area (Å²) in [4.78, 5) is 0. The van der Waals surface area contributed by atoms with E-state index in [4.69, 9.17) is 9.47 Å². The lowest BCUT2D eigenvalue weighted by Crippen LogP contribution is -2.55. The SMILES string of the molecule is CC/C(=C(/CC)c1ccc(O)cc1)c1ccc(O)cc1.COC1(O[C@H]2CC[C@H]3[C@@H]4CC[C@H]5C[C@@H]6S[C@@H]6C[C@]5(C)[C@H]4CC[C@]23C)CCCC1. The van der Waals surface area contributed by atoms with Gasteiger partial charge in [0.15, 0.2) is 5.79 Å². The number of benzene rings is 2. The van der Waals surface area contributed by atoms with E-state index in [1.165, 1.54) is 68.9 Å². The zero-order chi connectivity index (χ0) is 33.7. The Hall–Kier alpha value is -1.95. The van der Waals surface area contributed by atoms with E-state index in [1.54, 1.807) is 30.7 Å². The van der Waals surface area contributed by atoms with E-state index in [0.29, 0.717) is 16.9 Å². The van der Waals surface area contributed by atoms with Gasteiger partial charge >= 0.3 is 0 Å². The number of phenolic OH excluding ortho intramolecular Hbond substituents is 2. The van der Waals surface area contributed by atoms with Gasteiger partial charge in [0.05, 0.1) is 6.10 Å². The molecule has 48 heavy (non-hydrogen) atoms. The summed E-state index contributed by atoms with van der Waals surface area (Å²) in [7, 11) is 1.88. The highest BCUT2D eigenvalue weighted by Crippen LogP contribution is 2.70. The molecule has 0 aromatic heterocycles. The number of ether oxygens (including phenoxy) is 2. The zero-order valence-corrected chi connectivity index (χ0v) is 31.0. The molecule has 5 aliphatic carbocycles. The standard InChI is InChI=1S/C25H40O2S.C18H20O2/c1-23-13-10-19-17(7-6-16-14-20-21(28-20)15-24(16,19)2)18(23)8-9-22(23)27-25(26-3)11-4-5-12-25;1-3-17(13-5-9-15(19)10-6-13)18(4-2)14-7-11-16(20)12-8-14/h16-22H,4-15H2,1-3H3;5-12,19-20H,3-4H2,1-2H3/b;18-17+/t16-,17-,18-,19-,20-,21+,22-,23-,24-;/m0./s1. The lowest BCUT2D eigenvalue weighted by molar-refractivity contribution is -0.264. The maximum Gasteiger partial charge on any atom is 0.168 e. The Balaban J connectivity index is 0.000000162. The maximum absolute atomic E-state index is 9.41. The van der Waals surface area contributed by atoms with Crippen molar-refractivity contribution in [2.75, 3.05) is 7.11 Å². The molecule has 0 spiro atoms. The molecule has 262 valence electrons. The van der Waals surface area contributed by atoms with Gasteiger partial charge in [-0.2, -0.15) is 11.8 Å². The molecule has 1 heterocycles. The molecule has 2 N–H and O–H groups in total. The minimum atomic E-state index is -0.259. The van der Waals surface area contributed by atoms with Crippen LogP contribution in [0.5, 0.6) is 11.5 Å². The van der Waals surface area contributed by atoms with Crippen molar-refractivity contribution in [2.24, 2.45) is 34.5 Å². The summed E-state index contributed by atoms with van der Waals surface area (Å²) in [5.74, 6) is 4.19. The van der Waals surface area contributed by atoms with Gasteiger partial charge in [-0.1, -0.05) is 52.0 Å². The Bertz CT molecular complexity index is 1390. The van der Waals surface area contributed by atoms with Crippen molar-refractivity contribution >= 4 is 22.9 Å². The number of allylic oxidation sites excluding steroid dienone is 2. The number of hydrogen-bond acceptors (Lipinski definition) is 5. The first-order valence-corrected chi connectivity index (χ1v) is 20.3. The molecule has 1 aliphatic heterocycles. The second kappa shape index (κ2) is 13.6. The Kier molecular flexibility index (Phi) is 9.80. The van der Waals surface area contributed by atoms with Gasteiger partial charge in [-0.05, 0) is 158 Å². The molecule has 2 aromatic carbocycles. The number of methoxy groups -OCH3 is 1. The van der Waals surface area contributed by atoms with Crippen molar-refractivity contribution in [1.82, 2.24) is 0 Å². The van der Waals surface area contributed by atoms with Crippen LogP contribution in [0.3, 0.4) is 0 Å². The highest BCUT2D eigenvalue weighted by molar-refractivity contribution is 8.07. The van der Waals surface area contributed by atoms with Gasteiger partial charge < -0.3 is 19.7 Å². The minimum Gasteiger partial charge on any atom is -0.508 e. The summed E-state index contributed by atoms with van der Waals surface area (Å²) in [5.41, 5.74) is 5.86. The largest absolute Gasteiger partial charge is 0.508 e. The fourth-order valence-corrected chi connectivity index (χ4v) is 13.1. The number of fused-ring (bicyclic) bond motifs is 6. The number of thioether (sulfide) groups is 1. The second-order valence-corrected chi connectivity index (χ2v) is 18.1. The van der Waals surface area contributed by atoms with E-state index < -0.39 is 0 Å². The van der Waals surface area contributed by atoms with E-state index in [0.717, 1.165) is 71.0 Å². The highest BCUT2D eigenvalue weighted by atomic mass is 32.2. The van der Waals surface area contributed by atoms with Crippen molar-refractivity contribution in [2.45, 2.75) is 140 Å². The summed E-state index contributed by atoms with van der Waals surface area (Å²) in [5, 5.41) is 20.9. The van der Waals surface area contributed by atoms with Gasteiger partial charge in [0.1, 0.15) is 11.5 Å². The van der Waals surface area contributed by atoms with Crippen LogP contribution in [0.15, 0.2) is 48.5 Å². The van der Waals surface area contributed by atoms with Gasteiger partial charge in [-0.3, -0.25) is 0 Å². The van der Waals surface area contributed by atoms with Crippen LogP contribution in [-0.2, 0) is 9.47 Å². The van der Waals surface area contributed by atoms with E-state index in [2.05, 4.69) is 39.5 Å². The third kappa shape index (κ3) is 6.28. The van der Waals surface area contributed by atoms with Crippen molar-refractivity contribution in [3.8, 4) is 11.5 Å². The van der Waals surface area contributed by atoms with Crippen LogP contribution in [0.4, 0.5) is 0 Å². The number of hydrogen-bond donors (Lipinski definition) is 2. The average Bonchev–Trinajstić information content (AvgIpc) is 3.51. The Labute approximate surface area is 294 Å². The third-order valence-electron chi connectivity index (χ3n) is 14.4. The Morgan fingerprint density at radius 1 is 0.729 bits per heavy atom. The fourth-order valence-electron chi connectivity index (χ4n) is 11.7. The summed E-state index contributed by atoms with van der Waals surface area (Å²) in [6.45, 7) is 9.59. The summed E-state index contributed by atoms with van der Waals surface area (Å²) >= 11 is 2.31. The molecule has 6 aliphatic rings. The van der Waals surface area contributed by atoms with Gasteiger partial charge in [-0.25, -0.2) is 0 Å². The normalized spacial score (nSPS) is 38.0. The second-order valence-electron chi connectivity index (χ2n) is 16.6. The predicted octanol–water partition coefficient (Wildman–Crippen LogP) is 11.3. The number of aromatic hydroxyl groups is 2. The summed E-state index contributed by atoms with van der Waals surface area (Å²) < 4.78 is 12.9. The molecule has 2 aromatic rings. The van der Waals surface area contributed by atoms with E-state index >= 15 is 0 Å².